The Labute approximate surface area is 107 Å². The van der Waals surface area contributed by atoms with E-state index in [2.05, 4.69) is 10.6 Å². The highest BCUT2D eigenvalue weighted by molar-refractivity contribution is 5.82. The number of nitrogens with one attached hydrogen (secondary N) is 2. The maximum atomic E-state index is 11.5. The van der Waals surface area contributed by atoms with Crippen LogP contribution in [0.4, 0.5) is 4.79 Å². The van der Waals surface area contributed by atoms with Gasteiger partial charge >= 0.3 is 12.0 Å². The lowest BCUT2D eigenvalue weighted by Gasteiger charge is -2.28. The fourth-order valence-electron chi connectivity index (χ4n) is 2.31. The van der Waals surface area contributed by atoms with E-state index in [0.29, 0.717) is 13.2 Å². The topological polar surface area (TPSA) is 87.7 Å². The minimum atomic E-state index is -0.955. The van der Waals surface area contributed by atoms with E-state index in [4.69, 9.17) is 4.74 Å². The molecule has 0 aromatic rings. The van der Waals surface area contributed by atoms with Crippen LogP contribution in [-0.2, 0) is 9.53 Å². The van der Waals surface area contributed by atoms with Gasteiger partial charge in [0.25, 0.3) is 0 Å². The van der Waals surface area contributed by atoms with Crippen LogP contribution >= 0.6 is 0 Å². The summed E-state index contributed by atoms with van der Waals surface area (Å²) in [5.74, 6) is -0.909. The molecule has 104 valence electrons. The Morgan fingerprint density at radius 2 is 2.00 bits per heavy atom. The molecule has 0 saturated heterocycles. The summed E-state index contributed by atoms with van der Waals surface area (Å²) in [6, 6.07) is -1.22. The van der Waals surface area contributed by atoms with E-state index in [-0.39, 0.29) is 5.92 Å². The van der Waals surface area contributed by atoms with Crippen molar-refractivity contribution in [2.75, 3.05) is 20.3 Å². The van der Waals surface area contributed by atoms with Crippen molar-refractivity contribution in [3.05, 3.63) is 0 Å². The minimum Gasteiger partial charge on any atom is -0.480 e. The first-order valence-electron chi connectivity index (χ1n) is 6.41. The highest BCUT2D eigenvalue weighted by atomic mass is 16.5. The molecule has 6 nitrogen and oxygen atoms in total. The summed E-state index contributed by atoms with van der Waals surface area (Å²) in [7, 11) is 1.54. The Bertz CT molecular complexity index is 277. The van der Waals surface area contributed by atoms with Crippen molar-refractivity contribution < 1.29 is 19.4 Å². The summed E-state index contributed by atoms with van der Waals surface area (Å²) in [5.41, 5.74) is 0. The first-order valence-corrected chi connectivity index (χ1v) is 6.41. The molecule has 1 aliphatic rings. The van der Waals surface area contributed by atoms with E-state index in [1.165, 1.54) is 0 Å². The second-order valence-electron chi connectivity index (χ2n) is 4.61. The molecule has 1 saturated carbocycles. The number of amides is 2. The van der Waals surface area contributed by atoms with E-state index >= 15 is 0 Å². The lowest BCUT2D eigenvalue weighted by Crippen LogP contribution is -2.50. The third kappa shape index (κ3) is 4.91. The number of carboxylic acid groups (broad SMARTS) is 1. The van der Waals surface area contributed by atoms with Gasteiger partial charge in [-0.25, -0.2) is 9.59 Å². The molecule has 0 aromatic heterocycles. The molecule has 2 amide bonds. The summed E-state index contributed by atoms with van der Waals surface area (Å²) >= 11 is 0. The van der Waals surface area contributed by atoms with Crippen molar-refractivity contribution >= 4 is 12.0 Å². The zero-order chi connectivity index (χ0) is 13.4. The van der Waals surface area contributed by atoms with Gasteiger partial charge in [0.15, 0.2) is 0 Å². The van der Waals surface area contributed by atoms with Crippen molar-refractivity contribution in [2.45, 2.75) is 38.1 Å². The lowest BCUT2D eigenvalue weighted by molar-refractivity contribution is -0.141. The molecule has 0 heterocycles. The van der Waals surface area contributed by atoms with Gasteiger partial charge in [-0.15, -0.1) is 0 Å². The molecule has 0 aromatic carbocycles. The summed E-state index contributed by atoms with van der Waals surface area (Å²) < 4.78 is 4.80. The Balaban J connectivity index is 2.41. The van der Waals surface area contributed by atoms with Crippen LogP contribution in [0.15, 0.2) is 0 Å². The van der Waals surface area contributed by atoms with E-state index in [0.717, 1.165) is 32.1 Å². The fraction of sp³-hybridized carbons (Fsp3) is 0.833. The molecule has 1 aliphatic carbocycles. The van der Waals surface area contributed by atoms with Crippen LogP contribution < -0.4 is 10.6 Å². The highest BCUT2D eigenvalue weighted by Crippen LogP contribution is 2.26. The molecule has 0 bridgehead atoms. The Morgan fingerprint density at radius 3 is 2.56 bits per heavy atom. The maximum Gasteiger partial charge on any atom is 0.326 e. The molecule has 18 heavy (non-hydrogen) atoms. The predicted molar refractivity (Wildman–Crippen MR) is 66.4 cm³/mol. The summed E-state index contributed by atoms with van der Waals surface area (Å²) in [6.45, 7) is 0.786. The fourth-order valence-corrected chi connectivity index (χ4v) is 2.31. The van der Waals surface area contributed by atoms with Crippen LogP contribution in [0.1, 0.15) is 32.1 Å². The maximum absolute atomic E-state index is 11.5. The number of rotatable bonds is 6. The van der Waals surface area contributed by atoms with Gasteiger partial charge in [0.2, 0.25) is 0 Å². The van der Waals surface area contributed by atoms with Crippen molar-refractivity contribution in [1.29, 1.82) is 0 Å². The van der Waals surface area contributed by atoms with Crippen LogP contribution in [-0.4, -0.2) is 43.4 Å². The smallest absolute Gasteiger partial charge is 0.326 e. The Morgan fingerprint density at radius 1 is 1.33 bits per heavy atom. The normalized spacial score (nSPS) is 18.1. The molecule has 3 N–H and O–H groups in total. The molecule has 1 rings (SSSR count). The minimum absolute atomic E-state index is 0.0458. The number of ether oxygens (including phenoxy) is 1. The van der Waals surface area contributed by atoms with Crippen LogP contribution in [0, 0.1) is 5.92 Å². The van der Waals surface area contributed by atoms with Crippen LogP contribution in [0.5, 0.6) is 0 Å². The molecule has 6 heteroatoms. The van der Waals surface area contributed by atoms with E-state index < -0.39 is 18.0 Å². The number of carboxylic acids is 1. The van der Waals surface area contributed by atoms with Crippen molar-refractivity contribution in [1.82, 2.24) is 10.6 Å². The van der Waals surface area contributed by atoms with Crippen LogP contribution in [0.2, 0.25) is 0 Å². The van der Waals surface area contributed by atoms with Gasteiger partial charge in [0.1, 0.15) is 6.04 Å². The summed E-state index contributed by atoms with van der Waals surface area (Å²) in [4.78, 5) is 22.7. The third-order valence-electron chi connectivity index (χ3n) is 3.27. The largest absolute Gasteiger partial charge is 0.480 e. The van der Waals surface area contributed by atoms with Gasteiger partial charge < -0.3 is 20.5 Å². The lowest BCUT2D eigenvalue weighted by atomic mass is 9.84. The molecular weight excluding hydrogens is 236 g/mol. The first-order chi connectivity index (χ1) is 8.65. The van der Waals surface area contributed by atoms with Gasteiger partial charge in [0.05, 0.1) is 6.61 Å². The Hall–Kier alpha value is -1.30. The van der Waals surface area contributed by atoms with E-state index in [1.807, 2.05) is 0 Å². The zero-order valence-electron chi connectivity index (χ0n) is 10.8. The molecular formula is C12H22N2O4. The standard InChI is InChI=1S/C12H22N2O4/c1-18-8-7-13-12(17)14-10(11(15)16)9-5-3-2-4-6-9/h9-10H,2-8H2,1H3,(H,15,16)(H2,13,14,17). The molecule has 1 fully saturated rings. The summed E-state index contributed by atoms with van der Waals surface area (Å²) in [6.07, 6.45) is 4.98. The third-order valence-corrected chi connectivity index (χ3v) is 3.27. The van der Waals surface area contributed by atoms with E-state index in [1.54, 1.807) is 7.11 Å². The number of methoxy groups -OCH3 is 1. The van der Waals surface area contributed by atoms with Gasteiger partial charge in [-0.2, -0.15) is 0 Å². The number of carbonyl (C=O) groups is 2. The second-order valence-corrected chi connectivity index (χ2v) is 4.61. The quantitative estimate of drug-likeness (QED) is 0.619. The molecule has 1 unspecified atom stereocenters. The molecule has 1 atom stereocenters. The molecule has 0 aliphatic heterocycles. The summed E-state index contributed by atoms with van der Waals surface area (Å²) in [5, 5.41) is 14.3. The molecule has 0 spiro atoms. The highest BCUT2D eigenvalue weighted by Gasteiger charge is 2.30. The average molecular weight is 258 g/mol. The first kappa shape index (κ1) is 14.8. The van der Waals surface area contributed by atoms with Crippen LogP contribution in [0.25, 0.3) is 0 Å². The zero-order valence-corrected chi connectivity index (χ0v) is 10.8. The number of urea groups is 1. The SMILES string of the molecule is COCCNC(=O)NC(C(=O)O)C1CCCCC1. The van der Waals surface area contributed by atoms with Gasteiger partial charge in [0, 0.05) is 13.7 Å². The van der Waals surface area contributed by atoms with Crippen molar-refractivity contribution in [2.24, 2.45) is 5.92 Å². The number of hydrogen-bond acceptors (Lipinski definition) is 3. The number of hydrogen-bond donors (Lipinski definition) is 3. The monoisotopic (exact) mass is 258 g/mol. The number of aliphatic carboxylic acids is 1. The predicted octanol–water partition coefficient (Wildman–Crippen LogP) is 0.965. The van der Waals surface area contributed by atoms with Crippen molar-refractivity contribution in [3.63, 3.8) is 0 Å². The van der Waals surface area contributed by atoms with Crippen molar-refractivity contribution in [3.8, 4) is 0 Å². The van der Waals surface area contributed by atoms with Gasteiger partial charge in [-0.1, -0.05) is 19.3 Å². The van der Waals surface area contributed by atoms with Gasteiger partial charge in [-0.3, -0.25) is 0 Å². The molecule has 0 radical (unpaired) electrons. The Kier molecular flexibility index (Phi) is 6.49. The van der Waals surface area contributed by atoms with Crippen LogP contribution in [0.3, 0.4) is 0 Å². The second kappa shape index (κ2) is 7.92. The number of carbonyl (C=O) groups excluding carboxylic acids is 1. The van der Waals surface area contributed by atoms with E-state index in [9.17, 15) is 14.7 Å². The van der Waals surface area contributed by atoms with Gasteiger partial charge in [-0.05, 0) is 18.8 Å². The average Bonchev–Trinajstić information content (AvgIpc) is 2.37.